The zero-order valence-corrected chi connectivity index (χ0v) is 25.0. The third-order valence-corrected chi connectivity index (χ3v) is 13.4. The van der Waals surface area contributed by atoms with Crippen LogP contribution in [-0.4, -0.2) is 62.0 Å². The molecular weight excluding hydrogens is 624 g/mol. The number of hydrogen-bond donors (Lipinski definition) is 2. The van der Waals surface area contributed by atoms with E-state index in [0.717, 1.165) is 18.9 Å². The van der Waals surface area contributed by atoms with Crippen molar-refractivity contribution in [3.8, 4) is 5.75 Å². The molecule has 2 saturated carbocycles. The average Bonchev–Trinajstić information content (AvgIpc) is 3.66. The first-order chi connectivity index (χ1) is 20.8. The van der Waals surface area contributed by atoms with Gasteiger partial charge in [-0.05, 0) is 67.9 Å². The highest BCUT2D eigenvalue weighted by Gasteiger charge is 2.60. The summed E-state index contributed by atoms with van der Waals surface area (Å²) in [7, 11) is -1.66. The lowest BCUT2D eigenvalue weighted by molar-refractivity contribution is -0.140. The number of thiazole rings is 1. The Kier molecular flexibility index (Phi) is 6.67. The molecule has 4 aliphatic rings. The van der Waals surface area contributed by atoms with Crippen LogP contribution in [-0.2, 0) is 20.8 Å². The lowest BCUT2D eigenvalue weighted by Gasteiger charge is -2.54. The number of benzene rings is 2. The molecule has 2 bridgehead atoms. The van der Waals surface area contributed by atoms with Crippen LogP contribution in [0.25, 0.3) is 10.2 Å². The third-order valence-electron chi connectivity index (χ3n) is 9.73. The summed E-state index contributed by atoms with van der Waals surface area (Å²) in [4.78, 5) is 33.9. The second-order valence-electron chi connectivity index (χ2n) is 12.1. The highest BCUT2D eigenvalue weighted by Crippen LogP contribution is 2.50. The van der Waals surface area contributed by atoms with Gasteiger partial charge in [-0.1, -0.05) is 11.3 Å². The molecular formula is C29H28F4N4O5S2. The molecule has 2 amide bonds. The van der Waals surface area contributed by atoms with Crippen molar-refractivity contribution in [3.05, 3.63) is 47.3 Å². The maximum Gasteiger partial charge on any atom is 0.419 e. The van der Waals surface area contributed by atoms with Crippen LogP contribution in [0.2, 0.25) is 0 Å². The molecule has 1 aromatic heterocycles. The molecule has 7 rings (SSSR count). The van der Waals surface area contributed by atoms with E-state index < -0.39 is 55.9 Å². The highest BCUT2D eigenvalue weighted by atomic mass is 32.2. The minimum Gasteiger partial charge on any atom is -0.496 e. The minimum absolute atomic E-state index is 0.00239. The lowest BCUT2D eigenvalue weighted by atomic mass is 9.83. The van der Waals surface area contributed by atoms with Gasteiger partial charge in [0.15, 0.2) is 15.0 Å². The van der Waals surface area contributed by atoms with Gasteiger partial charge >= 0.3 is 6.18 Å². The van der Waals surface area contributed by atoms with Crippen LogP contribution >= 0.6 is 11.3 Å². The topological polar surface area (TPSA) is 118 Å². The van der Waals surface area contributed by atoms with Crippen molar-refractivity contribution in [2.75, 3.05) is 36.2 Å². The number of halogens is 4. The summed E-state index contributed by atoms with van der Waals surface area (Å²) in [6.45, 7) is 0.711. The molecule has 44 heavy (non-hydrogen) atoms. The van der Waals surface area contributed by atoms with E-state index in [1.165, 1.54) is 18.4 Å². The summed E-state index contributed by atoms with van der Waals surface area (Å²) < 4.78 is 83.4. The van der Waals surface area contributed by atoms with Gasteiger partial charge in [-0.3, -0.25) is 9.59 Å². The van der Waals surface area contributed by atoms with Crippen LogP contribution in [0.3, 0.4) is 0 Å². The van der Waals surface area contributed by atoms with Gasteiger partial charge in [0.05, 0.1) is 34.6 Å². The number of anilines is 2. The molecule has 3 aromatic rings. The first-order valence-corrected chi connectivity index (χ1v) is 16.7. The van der Waals surface area contributed by atoms with Crippen molar-refractivity contribution in [1.29, 1.82) is 0 Å². The smallest absolute Gasteiger partial charge is 0.419 e. The average molecular weight is 653 g/mol. The van der Waals surface area contributed by atoms with E-state index in [2.05, 4.69) is 15.6 Å². The van der Waals surface area contributed by atoms with Crippen molar-refractivity contribution < 1.29 is 40.3 Å². The fraction of sp³-hybridized carbons (Fsp3) is 0.483. The Hall–Kier alpha value is -3.46. The largest absolute Gasteiger partial charge is 0.496 e. The molecule has 1 spiro atoms. The molecule has 4 atom stereocenters. The van der Waals surface area contributed by atoms with E-state index in [-0.39, 0.29) is 28.8 Å². The minimum atomic E-state index is -4.92. The number of carbonyl (C=O) groups is 2. The summed E-state index contributed by atoms with van der Waals surface area (Å²) in [5.41, 5.74) is -0.856. The number of methoxy groups -OCH3 is 1. The van der Waals surface area contributed by atoms with Crippen LogP contribution < -0.4 is 20.3 Å². The van der Waals surface area contributed by atoms with Crippen molar-refractivity contribution in [2.24, 2.45) is 17.8 Å². The summed E-state index contributed by atoms with van der Waals surface area (Å²) in [5.74, 6) is -2.70. The second kappa shape index (κ2) is 10.0. The summed E-state index contributed by atoms with van der Waals surface area (Å²) >= 11 is 1.27. The number of fused-ring (bicyclic) bond motifs is 3. The molecule has 4 fully saturated rings. The SMILES string of the molecule is COc1ccc2nc(N3CC4(CCS4(=O)=O)C3)sc2c1C(=O)N[C@@H]1[C@H]2CC[C@H](C2)[C@@H]1C(=O)Nc1ccc(F)c(C(F)(F)F)c1. The zero-order valence-electron chi connectivity index (χ0n) is 23.4. The van der Waals surface area contributed by atoms with Crippen LogP contribution in [0.5, 0.6) is 5.75 Å². The van der Waals surface area contributed by atoms with E-state index in [4.69, 9.17) is 4.74 Å². The molecule has 0 unspecified atom stereocenters. The Bertz CT molecular complexity index is 1800. The maximum absolute atomic E-state index is 13.9. The molecule has 234 valence electrons. The fourth-order valence-corrected chi connectivity index (χ4v) is 10.2. The molecule has 9 nitrogen and oxygen atoms in total. The number of amides is 2. The number of ether oxygens (including phenoxy) is 1. The number of nitrogens with zero attached hydrogens (tertiary/aromatic N) is 2. The number of sulfone groups is 1. The van der Waals surface area contributed by atoms with E-state index in [1.54, 1.807) is 12.1 Å². The van der Waals surface area contributed by atoms with Crippen molar-refractivity contribution in [2.45, 2.75) is 42.6 Å². The van der Waals surface area contributed by atoms with E-state index in [0.29, 0.717) is 59.2 Å². The van der Waals surface area contributed by atoms with Crippen LogP contribution in [0.4, 0.5) is 28.4 Å². The van der Waals surface area contributed by atoms with Gasteiger partial charge in [0, 0.05) is 24.8 Å². The number of alkyl halides is 3. The molecule has 0 radical (unpaired) electrons. The zero-order chi connectivity index (χ0) is 31.2. The maximum atomic E-state index is 13.9. The quantitative estimate of drug-likeness (QED) is 0.373. The Morgan fingerprint density at radius 1 is 1.14 bits per heavy atom. The summed E-state index contributed by atoms with van der Waals surface area (Å²) in [6.07, 6.45) is -2.07. The molecule has 2 N–H and O–H groups in total. The Morgan fingerprint density at radius 2 is 1.89 bits per heavy atom. The van der Waals surface area contributed by atoms with Crippen LogP contribution in [0.15, 0.2) is 30.3 Å². The van der Waals surface area contributed by atoms with Crippen LogP contribution in [0, 0.1) is 23.6 Å². The molecule has 2 saturated heterocycles. The summed E-state index contributed by atoms with van der Waals surface area (Å²) in [6, 6.07) is 5.10. The van der Waals surface area contributed by atoms with Crippen molar-refractivity contribution >= 4 is 54.0 Å². The van der Waals surface area contributed by atoms with Gasteiger partial charge in [-0.2, -0.15) is 13.2 Å². The van der Waals surface area contributed by atoms with Crippen LogP contribution in [0.1, 0.15) is 41.6 Å². The highest BCUT2D eigenvalue weighted by molar-refractivity contribution is 7.94. The first kappa shape index (κ1) is 29.3. The molecule has 2 aliphatic heterocycles. The van der Waals surface area contributed by atoms with E-state index in [1.807, 2.05) is 4.90 Å². The number of aromatic nitrogens is 1. The van der Waals surface area contributed by atoms with Gasteiger partial charge in [-0.15, -0.1) is 0 Å². The van der Waals surface area contributed by atoms with Gasteiger partial charge in [0.1, 0.15) is 21.9 Å². The van der Waals surface area contributed by atoms with Crippen molar-refractivity contribution in [3.63, 3.8) is 0 Å². The molecule has 3 heterocycles. The monoisotopic (exact) mass is 652 g/mol. The normalized spacial score (nSPS) is 26.3. The number of nitrogens with one attached hydrogen (secondary N) is 2. The first-order valence-electron chi connectivity index (χ1n) is 14.2. The molecule has 15 heteroatoms. The standard InChI is InChI=1S/C29H28F4N4O5S2/c1-42-20-7-6-19-24(43-27(35-19)37-12-28(13-37)8-9-44(28,40)41)22(20)26(39)36-23-15-3-2-14(10-15)21(23)25(38)34-16-4-5-18(30)17(11-16)29(31,32)33/h4-7,11,14-15,21,23H,2-3,8-10,12-13H2,1H3,(H,34,38)(H,36,39)/t14-,15+,21+,23-/m1/s1. The van der Waals surface area contributed by atoms with E-state index >= 15 is 0 Å². The van der Waals surface area contributed by atoms with Gasteiger partial charge in [-0.25, -0.2) is 17.8 Å². The van der Waals surface area contributed by atoms with E-state index in [9.17, 15) is 35.6 Å². The Balaban J connectivity index is 1.13. The molecule has 2 aliphatic carbocycles. The molecule has 2 aromatic carbocycles. The van der Waals surface area contributed by atoms with Crippen molar-refractivity contribution in [1.82, 2.24) is 10.3 Å². The number of rotatable bonds is 6. The Morgan fingerprint density at radius 3 is 2.55 bits per heavy atom. The fourth-order valence-electron chi connectivity index (χ4n) is 7.33. The number of carbonyl (C=O) groups excluding carboxylic acids is 2. The Labute approximate surface area is 253 Å². The number of hydrogen-bond acceptors (Lipinski definition) is 8. The van der Waals surface area contributed by atoms with Gasteiger partial charge < -0.3 is 20.3 Å². The van der Waals surface area contributed by atoms with Gasteiger partial charge in [0.25, 0.3) is 5.91 Å². The van der Waals surface area contributed by atoms with Gasteiger partial charge in [0.2, 0.25) is 5.91 Å². The second-order valence-corrected chi connectivity index (χ2v) is 15.6. The predicted molar refractivity (Wildman–Crippen MR) is 155 cm³/mol. The third kappa shape index (κ3) is 4.53. The lowest BCUT2D eigenvalue weighted by Crippen LogP contribution is -2.72. The predicted octanol–water partition coefficient (Wildman–Crippen LogP) is 4.62. The summed E-state index contributed by atoms with van der Waals surface area (Å²) in [5, 5.41) is 6.15.